The first kappa shape index (κ1) is 20.0. The van der Waals surface area contributed by atoms with Crippen LogP contribution in [0.4, 0.5) is 4.39 Å². The first-order valence-corrected chi connectivity index (χ1v) is 9.98. The van der Waals surface area contributed by atoms with Gasteiger partial charge in [-0.3, -0.25) is 9.59 Å². The van der Waals surface area contributed by atoms with E-state index in [0.29, 0.717) is 0 Å². The van der Waals surface area contributed by atoms with Gasteiger partial charge in [-0.15, -0.1) is 0 Å². The molecule has 9 heteroatoms. The highest BCUT2D eigenvalue weighted by Crippen LogP contribution is 2.23. The maximum absolute atomic E-state index is 13.4. The number of rotatable bonds is 4. The van der Waals surface area contributed by atoms with Crippen LogP contribution in [0.2, 0.25) is 0 Å². The van der Waals surface area contributed by atoms with Crippen LogP contribution in [0.25, 0.3) is 0 Å². The summed E-state index contributed by atoms with van der Waals surface area (Å²) in [5.74, 6) is -1.80. The van der Waals surface area contributed by atoms with Crippen LogP contribution in [-0.4, -0.2) is 62.3 Å². The maximum atomic E-state index is 13.4. The molecule has 0 spiro atoms. The minimum Gasteiger partial charge on any atom is -0.468 e. The van der Waals surface area contributed by atoms with Crippen molar-refractivity contribution >= 4 is 21.9 Å². The monoisotopic (exact) mass is 406 g/mol. The molecule has 0 aliphatic carbocycles. The van der Waals surface area contributed by atoms with Gasteiger partial charge >= 0.3 is 5.97 Å². The van der Waals surface area contributed by atoms with E-state index >= 15 is 0 Å². The lowest BCUT2D eigenvalue weighted by Gasteiger charge is -2.39. The first-order chi connectivity index (χ1) is 13.3. The smallest absolute Gasteiger partial charge is 0.326 e. The zero-order valence-electron chi connectivity index (χ0n) is 15.1. The van der Waals surface area contributed by atoms with Crippen LogP contribution >= 0.6 is 0 Å². The molecule has 7 nitrogen and oxygen atoms in total. The Hall–Kier alpha value is -2.78. The van der Waals surface area contributed by atoms with Gasteiger partial charge in [0.2, 0.25) is 10.0 Å². The predicted molar refractivity (Wildman–Crippen MR) is 98.4 cm³/mol. The fourth-order valence-electron chi connectivity index (χ4n) is 3.10. The van der Waals surface area contributed by atoms with Gasteiger partial charge in [0.15, 0.2) is 0 Å². The Balaban J connectivity index is 1.88. The van der Waals surface area contributed by atoms with Gasteiger partial charge in [-0.25, -0.2) is 12.8 Å². The Morgan fingerprint density at radius 2 is 1.79 bits per heavy atom. The SMILES string of the molecule is COC(=O)[C@H]1CN(C(=O)c2cccc(F)c2)CCN1S(=O)(=O)c1ccccc1. The Kier molecular flexibility index (Phi) is 5.76. The second kappa shape index (κ2) is 8.07. The Morgan fingerprint density at radius 3 is 2.43 bits per heavy atom. The minimum absolute atomic E-state index is 0.0498. The van der Waals surface area contributed by atoms with E-state index in [1.807, 2.05) is 0 Å². The largest absolute Gasteiger partial charge is 0.468 e. The summed E-state index contributed by atoms with van der Waals surface area (Å²) in [7, 11) is -2.80. The van der Waals surface area contributed by atoms with Crippen LogP contribution in [-0.2, 0) is 19.6 Å². The van der Waals surface area contributed by atoms with Gasteiger partial charge in [0.05, 0.1) is 12.0 Å². The van der Waals surface area contributed by atoms with Crippen LogP contribution in [0, 0.1) is 5.82 Å². The fourth-order valence-corrected chi connectivity index (χ4v) is 4.68. The lowest BCUT2D eigenvalue weighted by Crippen LogP contribution is -2.59. The normalized spacial score (nSPS) is 17.9. The van der Waals surface area contributed by atoms with Crippen molar-refractivity contribution in [1.82, 2.24) is 9.21 Å². The molecule has 2 aromatic rings. The van der Waals surface area contributed by atoms with Crippen molar-refractivity contribution in [3.8, 4) is 0 Å². The zero-order valence-corrected chi connectivity index (χ0v) is 15.9. The summed E-state index contributed by atoms with van der Waals surface area (Å²) < 4.78 is 45.2. The molecule has 2 aromatic carbocycles. The van der Waals surface area contributed by atoms with Gasteiger partial charge in [-0.1, -0.05) is 24.3 Å². The summed E-state index contributed by atoms with van der Waals surface area (Å²) in [5.41, 5.74) is 0.128. The number of nitrogens with zero attached hydrogens (tertiary/aromatic N) is 2. The molecule has 28 heavy (non-hydrogen) atoms. The van der Waals surface area contributed by atoms with Crippen LogP contribution in [0.15, 0.2) is 59.5 Å². The number of carbonyl (C=O) groups is 2. The predicted octanol–water partition coefficient (Wildman–Crippen LogP) is 1.51. The van der Waals surface area contributed by atoms with E-state index in [1.54, 1.807) is 18.2 Å². The van der Waals surface area contributed by atoms with E-state index in [9.17, 15) is 22.4 Å². The van der Waals surface area contributed by atoms with Gasteiger partial charge in [0.25, 0.3) is 5.91 Å². The molecule has 148 valence electrons. The van der Waals surface area contributed by atoms with E-state index in [2.05, 4.69) is 0 Å². The van der Waals surface area contributed by atoms with Crippen molar-refractivity contribution in [2.24, 2.45) is 0 Å². The number of halogens is 1. The average Bonchev–Trinajstić information content (AvgIpc) is 2.72. The number of hydrogen-bond acceptors (Lipinski definition) is 5. The summed E-state index contributed by atoms with van der Waals surface area (Å²) in [6, 6.07) is 11.7. The van der Waals surface area contributed by atoms with Gasteiger partial charge < -0.3 is 9.64 Å². The van der Waals surface area contributed by atoms with Crippen LogP contribution < -0.4 is 0 Å². The maximum Gasteiger partial charge on any atom is 0.326 e. The van der Waals surface area contributed by atoms with Crippen molar-refractivity contribution < 1.29 is 27.1 Å². The number of hydrogen-bond donors (Lipinski definition) is 0. The number of amides is 1. The third kappa shape index (κ3) is 3.90. The number of benzene rings is 2. The Bertz CT molecular complexity index is 981. The molecule has 1 aliphatic rings. The molecule has 1 amide bonds. The molecule has 3 rings (SSSR count). The minimum atomic E-state index is -3.95. The van der Waals surface area contributed by atoms with Crippen molar-refractivity contribution in [3.05, 3.63) is 66.0 Å². The van der Waals surface area contributed by atoms with E-state index in [1.165, 1.54) is 35.2 Å². The van der Waals surface area contributed by atoms with Gasteiger partial charge in [0, 0.05) is 25.2 Å². The van der Waals surface area contributed by atoms with Crippen molar-refractivity contribution in [2.75, 3.05) is 26.7 Å². The number of carbonyl (C=O) groups excluding carboxylic acids is 2. The molecule has 0 saturated carbocycles. The highest BCUT2D eigenvalue weighted by Gasteiger charge is 2.42. The molecule has 0 bridgehead atoms. The number of piperazine rings is 1. The van der Waals surface area contributed by atoms with Crippen LogP contribution in [0.1, 0.15) is 10.4 Å². The molecule has 1 fully saturated rings. The summed E-state index contributed by atoms with van der Waals surface area (Å²) in [5, 5.41) is 0. The van der Waals surface area contributed by atoms with E-state index in [-0.39, 0.29) is 30.1 Å². The Labute approximate surface area is 162 Å². The van der Waals surface area contributed by atoms with E-state index < -0.39 is 33.8 Å². The molecule has 1 aliphatic heterocycles. The summed E-state index contributed by atoms with van der Waals surface area (Å²) in [6.07, 6.45) is 0. The number of esters is 1. The lowest BCUT2D eigenvalue weighted by atomic mass is 10.1. The first-order valence-electron chi connectivity index (χ1n) is 8.54. The molecule has 0 N–H and O–H groups in total. The topological polar surface area (TPSA) is 84.0 Å². The third-order valence-electron chi connectivity index (χ3n) is 4.51. The highest BCUT2D eigenvalue weighted by molar-refractivity contribution is 7.89. The second-order valence-electron chi connectivity index (χ2n) is 6.23. The fraction of sp³-hybridized carbons (Fsp3) is 0.263. The van der Waals surface area contributed by atoms with Crippen molar-refractivity contribution in [3.63, 3.8) is 0 Å². The Morgan fingerprint density at radius 1 is 1.07 bits per heavy atom. The quantitative estimate of drug-likeness (QED) is 0.719. The second-order valence-corrected chi connectivity index (χ2v) is 8.12. The van der Waals surface area contributed by atoms with E-state index in [0.717, 1.165) is 17.5 Å². The summed E-state index contributed by atoms with van der Waals surface area (Å²) in [4.78, 5) is 26.3. The number of sulfonamides is 1. The molecule has 0 unspecified atom stereocenters. The molecule has 1 saturated heterocycles. The van der Waals surface area contributed by atoms with Gasteiger partial charge in [-0.05, 0) is 30.3 Å². The molecular formula is C19H19FN2O5S. The van der Waals surface area contributed by atoms with E-state index in [4.69, 9.17) is 4.74 Å². The molecule has 1 atom stereocenters. The zero-order chi connectivity index (χ0) is 20.3. The average molecular weight is 406 g/mol. The molecule has 0 radical (unpaired) electrons. The number of methoxy groups -OCH3 is 1. The van der Waals surface area contributed by atoms with Gasteiger partial charge in [0.1, 0.15) is 11.9 Å². The third-order valence-corrected chi connectivity index (χ3v) is 6.44. The van der Waals surface area contributed by atoms with Crippen molar-refractivity contribution in [1.29, 1.82) is 0 Å². The lowest BCUT2D eigenvalue weighted by molar-refractivity contribution is -0.146. The highest BCUT2D eigenvalue weighted by atomic mass is 32.2. The summed E-state index contributed by atoms with van der Waals surface area (Å²) in [6.45, 7) is -0.207. The molecule has 1 heterocycles. The molecular weight excluding hydrogens is 387 g/mol. The summed E-state index contributed by atoms with van der Waals surface area (Å²) >= 11 is 0. The van der Waals surface area contributed by atoms with Gasteiger partial charge in [-0.2, -0.15) is 4.31 Å². The van der Waals surface area contributed by atoms with Crippen LogP contribution in [0.3, 0.4) is 0 Å². The standard InChI is InChI=1S/C19H19FN2O5S/c1-27-19(24)17-13-21(18(23)14-6-5-7-15(20)12-14)10-11-22(17)28(25,26)16-8-3-2-4-9-16/h2-9,12,17H,10-11,13H2,1H3/t17-/m1/s1. The van der Waals surface area contributed by atoms with Crippen LogP contribution in [0.5, 0.6) is 0 Å². The molecule has 0 aromatic heterocycles. The number of ether oxygens (including phenoxy) is 1. The van der Waals surface area contributed by atoms with Crippen molar-refractivity contribution in [2.45, 2.75) is 10.9 Å².